The highest BCUT2D eigenvalue weighted by Gasteiger charge is 2.43. The number of amides is 1. The van der Waals surface area contributed by atoms with Crippen LogP contribution in [0.4, 0.5) is 4.11 Å². The van der Waals surface area contributed by atoms with Crippen LogP contribution in [-0.2, 0) is 6.54 Å². The number of benzene rings is 2. The molecule has 2 nitrogen and oxygen atoms in total. The molecule has 0 saturated carbocycles. The van der Waals surface area contributed by atoms with Gasteiger partial charge in [-0.15, -0.1) is 0 Å². The van der Waals surface area contributed by atoms with Crippen LogP contribution >= 0.6 is 0 Å². The number of halogens is 1. The quantitative estimate of drug-likeness (QED) is 0.605. The molecule has 1 amide bonds. The molecule has 128 valence electrons. The fourth-order valence-corrected chi connectivity index (χ4v) is 6.43. The van der Waals surface area contributed by atoms with Crippen LogP contribution < -0.4 is 10.5 Å². The first-order valence-electron chi connectivity index (χ1n) is 8.47. The topological polar surface area (TPSA) is 29.1 Å². The molecular weight excluding hydrogens is 317 g/mol. The van der Waals surface area contributed by atoms with Crippen molar-refractivity contribution in [1.29, 1.82) is 0 Å². The van der Waals surface area contributed by atoms with Crippen LogP contribution in [0, 0.1) is 0 Å². The predicted octanol–water partition coefficient (Wildman–Crippen LogP) is 4.56. The molecule has 0 heterocycles. The Morgan fingerprint density at radius 3 is 2.00 bits per heavy atom. The molecule has 0 spiro atoms. The minimum Gasteiger partial charge on any atom is -0.348 e. The van der Waals surface area contributed by atoms with Crippen molar-refractivity contribution in [1.82, 2.24) is 5.32 Å². The van der Waals surface area contributed by atoms with E-state index in [2.05, 4.69) is 5.32 Å². The van der Waals surface area contributed by atoms with Gasteiger partial charge >= 0.3 is 0 Å². The van der Waals surface area contributed by atoms with Gasteiger partial charge in [0.2, 0.25) is 0 Å². The molecule has 2 aromatic rings. The van der Waals surface area contributed by atoms with Gasteiger partial charge < -0.3 is 9.42 Å². The van der Waals surface area contributed by atoms with Gasteiger partial charge in [-0.05, 0) is 34.0 Å². The van der Waals surface area contributed by atoms with Gasteiger partial charge in [0.25, 0.3) is 14.3 Å². The molecule has 0 aromatic heterocycles. The summed E-state index contributed by atoms with van der Waals surface area (Å²) >= 11 is 0. The molecule has 0 fully saturated rings. The van der Waals surface area contributed by atoms with Gasteiger partial charge in [-0.25, -0.2) is 0 Å². The zero-order valence-corrected chi connectivity index (χ0v) is 15.8. The third-order valence-electron chi connectivity index (χ3n) is 4.57. The maximum Gasteiger partial charge on any atom is 0.282 e. The minimum absolute atomic E-state index is 0.00950. The minimum atomic E-state index is -3.04. The van der Waals surface area contributed by atoms with Crippen LogP contribution in [0.25, 0.3) is 0 Å². The number of carbonyl (C=O) groups excluding carboxylic acids is 1. The second kappa shape index (κ2) is 7.75. The first-order chi connectivity index (χ1) is 11.4. The normalized spacial score (nSPS) is 11.8. The Morgan fingerprint density at radius 2 is 1.50 bits per heavy atom. The molecule has 0 atom stereocenters. The number of hydrogen-bond donors (Lipinski definition) is 1. The van der Waals surface area contributed by atoms with E-state index in [1.54, 1.807) is 24.3 Å². The molecule has 4 heteroatoms. The molecule has 0 aliphatic heterocycles. The van der Waals surface area contributed by atoms with Crippen LogP contribution in [0.15, 0.2) is 54.6 Å². The SMILES string of the molecule is CC(C)[Si](F)(c1ccc(C(=O)NCc2ccccc2)cc1)C(C)C. The van der Waals surface area contributed by atoms with Crippen molar-refractivity contribution in [2.45, 2.75) is 45.3 Å². The van der Waals surface area contributed by atoms with Gasteiger partial charge in [0.05, 0.1) is 0 Å². The van der Waals surface area contributed by atoms with Crippen molar-refractivity contribution in [3.05, 3.63) is 65.7 Å². The Labute approximate surface area is 145 Å². The molecule has 2 aromatic carbocycles. The van der Waals surface area contributed by atoms with Gasteiger partial charge in [0, 0.05) is 12.1 Å². The maximum absolute atomic E-state index is 15.5. The fraction of sp³-hybridized carbons (Fsp3) is 0.350. The highest BCUT2D eigenvalue weighted by molar-refractivity contribution is 6.88. The first kappa shape index (κ1) is 18.4. The van der Waals surface area contributed by atoms with Crippen LogP contribution in [0.2, 0.25) is 11.1 Å². The monoisotopic (exact) mass is 343 g/mol. The maximum atomic E-state index is 15.5. The van der Waals surface area contributed by atoms with Crippen molar-refractivity contribution in [2.75, 3.05) is 0 Å². The largest absolute Gasteiger partial charge is 0.348 e. The van der Waals surface area contributed by atoms with Gasteiger partial charge in [0.15, 0.2) is 0 Å². The molecule has 0 radical (unpaired) electrons. The number of nitrogens with one attached hydrogen (secondary N) is 1. The Hall–Kier alpha value is -1.94. The first-order valence-corrected chi connectivity index (χ1v) is 10.5. The second-order valence-electron chi connectivity index (χ2n) is 6.82. The molecule has 0 aliphatic carbocycles. The third kappa shape index (κ3) is 3.93. The summed E-state index contributed by atoms with van der Waals surface area (Å²) in [6.07, 6.45) is 0. The number of rotatable bonds is 6. The lowest BCUT2D eigenvalue weighted by molar-refractivity contribution is 0.0951. The summed E-state index contributed by atoms with van der Waals surface area (Å²) < 4.78 is 15.5. The van der Waals surface area contributed by atoms with E-state index in [9.17, 15) is 4.79 Å². The van der Waals surface area contributed by atoms with E-state index in [1.807, 2.05) is 58.0 Å². The summed E-state index contributed by atoms with van der Waals surface area (Å²) in [6.45, 7) is 8.29. The van der Waals surface area contributed by atoms with Crippen molar-refractivity contribution in [2.24, 2.45) is 0 Å². The average Bonchev–Trinajstić information content (AvgIpc) is 2.59. The van der Waals surface area contributed by atoms with Gasteiger partial charge in [-0.3, -0.25) is 4.79 Å². The fourth-order valence-electron chi connectivity index (χ4n) is 3.09. The standard InChI is InChI=1S/C20H26FNOSi/c1-15(2)24(21,16(3)4)19-12-10-18(11-13-19)20(23)22-14-17-8-6-5-7-9-17/h5-13,15-16H,14H2,1-4H3,(H,22,23). The predicted molar refractivity (Wildman–Crippen MR) is 101 cm³/mol. The van der Waals surface area contributed by atoms with Gasteiger partial charge in [0.1, 0.15) is 0 Å². The van der Waals surface area contributed by atoms with Crippen LogP contribution in [0.5, 0.6) is 0 Å². The molecular formula is C20H26FNOSi. The Morgan fingerprint density at radius 1 is 0.958 bits per heavy atom. The van der Waals surface area contributed by atoms with E-state index in [0.29, 0.717) is 12.1 Å². The highest BCUT2D eigenvalue weighted by Crippen LogP contribution is 2.33. The smallest absolute Gasteiger partial charge is 0.282 e. The van der Waals surface area contributed by atoms with E-state index >= 15 is 4.11 Å². The summed E-state index contributed by atoms with van der Waals surface area (Å²) in [6, 6.07) is 16.8. The Bertz CT molecular complexity index is 660. The van der Waals surface area contributed by atoms with Crippen molar-refractivity contribution in [3.8, 4) is 0 Å². The third-order valence-corrected chi connectivity index (χ3v) is 9.15. The van der Waals surface area contributed by atoms with Crippen molar-refractivity contribution in [3.63, 3.8) is 0 Å². The molecule has 0 unspecified atom stereocenters. The molecule has 24 heavy (non-hydrogen) atoms. The van der Waals surface area contributed by atoms with E-state index in [0.717, 1.165) is 10.8 Å². The average molecular weight is 344 g/mol. The summed E-state index contributed by atoms with van der Waals surface area (Å²) in [5.41, 5.74) is 1.64. The van der Waals surface area contributed by atoms with Crippen LogP contribution in [0.3, 0.4) is 0 Å². The highest BCUT2D eigenvalue weighted by atomic mass is 28.4. The number of hydrogen-bond acceptors (Lipinski definition) is 1. The molecule has 0 bridgehead atoms. The van der Waals surface area contributed by atoms with Crippen LogP contribution in [-0.4, -0.2) is 14.3 Å². The lowest BCUT2D eigenvalue weighted by atomic mass is 10.2. The number of carbonyl (C=O) groups is 1. The van der Waals surface area contributed by atoms with Gasteiger partial charge in [-0.2, -0.15) is 0 Å². The van der Waals surface area contributed by atoms with Crippen molar-refractivity contribution >= 4 is 19.5 Å². The van der Waals surface area contributed by atoms with Crippen molar-refractivity contribution < 1.29 is 8.90 Å². The lowest BCUT2D eigenvalue weighted by Crippen LogP contribution is -2.49. The zero-order valence-electron chi connectivity index (χ0n) is 14.8. The van der Waals surface area contributed by atoms with E-state index in [1.165, 1.54) is 0 Å². The lowest BCUT2D eigenvalue weighted by Gasteiger charge is -2.30. The zero-order chi connectivity index (χ0) is 17.7. The Balaban J connectivity index is 2.09. The summed E-state index contributed by atoms with van der Waals surface area (Å²) in [4.78, 5) is 12.3. The molecule has 1 N–H and O–H groups in total. The van der Waals surface area contributed by atoms with Crippen LogP contribution in [0.1, 0.15) is 43.6 Å². The summed E-state index contributed by atoms with van der Waals surface area (Å²) in [5, 5.41) is 3.67. The van der Waals surface area contributed by atoms with E-state index in [4.69, 9.17) is 0 Å². The molecule has 0 aliphatic rings. The molecule has 0 saturated heterocycles. The Kier molecular flexibility index (Phi) is 5.94. The van der Waals surface area contributed by atoms with E-state index < -0.39 is 8.41 Å². The summed E-state index contributed by atoms with van der Waals surface area (Å²) in [7, 11) is -3.04. The molecule has 2 rings (SSSR count). The second-order valence-corrected chi connectivity index (χ2v) is 11.2. The summed E-state index contributed by atoms with van der Waals surface area (Å²) in [5.74, 6) is -0.134. The van der Waals surface area contributed by atoms with E-state index in [-0.39, 0.29) is 17.0 Å². The van der Waals surface area contributed by atoms with Gasteiger partial charge in [-0.1, -0.05) is 70.2 Å².